The van der Waals surface area contributed by atoms with E-state index < -0.39 is 6.10 Å². The van der Waals surface area contributed by atoms with Crippen LogP contribution >= 0.6 is 35.0 Å². The van der Waals surface area contributed by atoms with Gasteiger partial charge in [-0.1, -0.05) is 23.4 Å². The minimum Gasteiger partial charge on any atom is -0.382 e. The fraction of sp³-hybridized carbons (Fsp3) is 0.200. The predicted octanol–water partition coefficient (Wildman–Crippen LogP) is 2.38. The van der Waals surface area contributed by atoms with Crippen molar-refractivity contribution in [3.63, 3.8) is 0 Å². The number of halogens is 2. The molecule has 2 aromatic heterocycles. The van der Waals surface area contributed by atoms with Crippen molar-refractivity contribution in [1.29, 1.82) is 0 Å². The summed E-state index contributed by atoms with van der Waals surface area (Å²) < 4.78 is 0. The molecule has 0 saturated heterocycles. The average Bonchev–Trinajstić information content (AvgIpc) is 2.38. The number of hydrogen-bond donors (Lipinski definition) is 1. The minimum absolute atomic E-state index is 0.0310. The lowest BCUT2D eigenvalue weighted by molar-refractivity contribution is 0.213. The van der Waals surface area contributed by atoms with Gasteiger partial charge in [-0.3, -0.25) is 0 Å². The van der Waals surface area contributed by atoms with E-state index in [1.165, 1.54) is 18.0 Å². The third kappa shape index (κ3) is 2.89. The van der Waals surface area contributed by atoms with Crippen molar-refractivity contribution in [1.82, 2.24) is 19.9 Å². The van der Waals surface area contributed by atoms with Gasteiger partial charge in [-0.25, -0.2) is 19.9 Å². The second-order valence-corrected chi connectivity index (χ2v) is 4.73. The molecule has 2 aromatic rings. The van der Waals surface area contributed by atoms with Crippen molar-refractivity contribution in [2.45, 2.75) is 11.3 Å². The van der Waals surface area contributed by atoms with Gasteiger partial charge in [0.1, 0.15) is 11.3 Å². The summed E-state index contributed by atoms with van der Waals surface area (Å²) in [6, 6.07) is 1.61. The Morgan fingerprint density at radius 3 is 2.72 bits per heavy atom. The quantitative estimate of drug-likeness (QED) is 0.533. The van der Waals surface area contributed by atoms with E-state index in [9.17, 15) is 5.11 Å². The molecular formula is C10H8Cl2N4OS. The molecule has 94 valence electrons. The summed E-state index contributed by atoms with van der Waals surface area (Å²) in [5, 5.41) is 10.9. The molecule has 0 aliphatic rings. The highest BCUT2D eigenvalue weighted by atomic mass is 35.5. The first kappa shape index (κ1) is 13.5. The third-order valence-electron chi connectivity index (χ3n) is 2.15. The van der Waals surface area contributed by atoms with Gasteiger partial charge in [0.15, 0.2) is 5.16 Å². The molecule has 5 nitrogen and oxygen atoms in total. The van der Waals surface area contributed by atoms with Crippen LogP contribution < -0.4 is 0 Å². The van der Waals surface area contributed by atoms with Crippen molar-refractivity contribution >= 4 is 35.0 Å². The first-order chi connectivity index (χ1) is 8.61. The van der Waals surface area contributed by atoms with Crippen LogP contribution in [0.15, 0.2) is 23.6 Å². The van der Waals surface area contributed by atoms with E-state index >= 15 is 0 Å². The van der Waals surface area contributed by atoms with E-state index in [0.29, 0.717) is 16.4 Å². The van der Waals surface area contributed by atoms with Crippen molar-refractivity contribution < 1.29 is 5.11 Å². The Labute approximate surface area is 118 Å². The predicted molar refractivity (Wildman–Crippen MR) is 69.9 cm³/mol. The summed E-state index contributed by atoms with van der Waals surface area (Å²) in [6.45, 7) is 0. The standard InChI is InChI=1S/C10H8Cl2N4OS/c1-18-10-13-3-2-6(15-10)7(17)5-4-14-9(12)16-8(5)11/h2-4,7,17H,1H3/t7-/m0/s1. The van der Waals surface area contributed by atoms with Gasteiger partial charge in [0.2, 0.25) is 5.28 Å². The highest BCUT2D eigenvalue weighted by Gasteiger charge is 2.17. The smallest absolute Gasteiger partial charge is 0.223 e. The van der Waals surface area contributed by atoms with Crippen LogP contribution in [0.25, 0.3) is 0 Å². The third-order valence-corrected chi connectivity index (χ3v) is 3.20. The zero-order valence-electron chi connectivity index (χ0n) is 9.21. The summed E-state index contributed by atoms with van der Waals surface area (Å²) in [7, 11) is 0. The molecular weight excluding hydrogens is 295 g/mol. The molecule has 0 unspecified atom stereocenters. The molecule has 8 heteroatoms. The van der Waals surface area contributed by atoms with Crippen LogP contribution in [0.3, 0.4) is 0 Å². The van der Waals surface area contributed by atoms with Crippen molar-refractivity contribution in [3.8, 4) is 0 Å². The lowest BCUT2D eigenvalue weighted by Crippen LogP contribution is -2.06. The molecule has 0 amide bonds. The van der Waals surface area contributed by atoms with Crippen LogP contribution in [0.1, 0.15) is 17.4 Å². The van der Waals surface area contributed by atoms with Gasteiger partial charge < -0.3 is 5.11 Å². The number of rotatable bonds is 3. The molecule has 1 N–H and O–H groups in total. The molecule has 0 bridgehead atoms. The number of hydrogen-bond acceptors (Lipinski definition) is 6. The first-order valence-electron chi connectivity index (χ1n) is 4.84. The van der Waals surface area contributed by atoms with Crippen LogP contribution in [-0.2, 0) is 0 Å². The lowest BCUT2D eigenvalue weighted by Gasteiger charge is -2.11. The number of thioether (sulfide) groups is 1. The first-order valence-corrected chi connectivity index (χ1v) is 6.83. The Balaban J connectivity index is 2.37. The van der Waals surface area contributed by atoms with Crippen LogP contribution in [0, 0.1) is 0 Å². The highest BCUT2D eigenvalue weighted by Crippen LogP contribution is 2.26. The largest absolute Gasteiger partial charge is 0.382 e. The van der Waals surface area contributed by atoms with Gasteiger partial charge >= 0.3 is 0 Å². The Bertz CT molecular complexity index is 569. The fourth-order valence-electron chi connectivity index (χ4n) is 1.30. The number of aliphatic hydroxyl groups excluding tert-OH is 1. The Kier molecular flexibility index (Phi) is 4.34. The molecule has 0 fully saturated rings. The molecule has 0 radical (unpaired) electrons. The zero-order chi connectivity index (χ0) is 13.1. The Morgan fingerprint density at radius 2 is 2.06 bits per heavy atom. The maximum absolute atomic E-state index is 10.2. The maximum Gasteiger partial charge on any atom is 0.223 e. The molecule has 18 heavy (non-hydrogen) atoms. The van der Waals surface area contributed by atoms with Gasteiger partial charge in [-0.05, 0) is 23.9 Å². The Hall–Kier alpha value is -0.950. The van der Waals surface area contributed by atoms with Gasteiger partial charge in [0.25, 0.3) is 0 Å². The van der Waals surface area contributed by atoms with E-state index in [1.54, 1.807) is 12.3 Å². The van der Waals surface area contributed by atoms with Crippen LogP contribution in [0.5, 0.6) is 0 Å². The van der Waals surface area contributed by atoms with Crippen molar-refractivity contribution in [3.05, 3.63) is 40.2 Å². The van der Waals surface area contributed by atoms with E-state index in [2.05, 4.69) is 19.9 Å². The fourth-order valence-corrected chi connectivity index (χ4v) is 2.07. The van der Waals surface area contributed by atoms with Gasteiger partial charge in [0.05, 0.1) is 5.69 Å². The highest BCUT2D eigenvalue weighted by molar-refractivity contribution is 7.98. The van der Waals surface area contributed by atoms with E-state index in [0.717, 1.165) is 0 Å². The molecule has 0 aliphatic heterocycles. The summed E-state index contributed by atoms with van der Waals surface area (Å²) in [6.07, 6.45) is 3.79. The van der Waals surface area contributed by atoms with Crippen LogP contribution in [-0.4, -0.2) is 31.3 Å². The van der Waals surface area contributed by atoms with Crippen LogP contribution in [0.4, 0.5) is 0 Å². The van der Waals surface area contributed by atoms with Gasteiger partial charge in [0, 0.05) is 18.0 Å². The zero-order valence-corrected chi connectivity index (χ0v) is 11.5. The van der Waals surface area contributed by atoms with E-state index in [-0.39, 0.29) is 10.4 Å². The molecule has 0 aromatic carbocycles. The number of aliphatic hydroxyl groups is 1. The van der Waals surface area contributed by atoms with Gasteiger partial charge in [-0.15, -0.1) is 0 Å². The molecule has 0 aliphatic carbocycles. The molecule has 2 heterocycles. The number of nitrogens with zero attached hydrogens (tertiary/aromatic N) is 4. The Morgan fingerprint density at radius 1 is 1.28 bits per heavy atom. The second kappa shape index (κ2) is 5.79. The topological polar surface area (TPSA) is 71.8 Å². The molecule has 0 saturated carbocycles. The van der Waals surface area contributed by atoms with Gasteiger partial charge in [-0.2, -0.15) is 0 Å². The van der Waals surface area contributed by atoms with E-state index in [4.69, 9.17) is 23.2 Å². The molecule has 0 spiro atoms. The molecule has 1 atom stereocenters. The lowest BCUT2D eigenvalue weighted by atomic mass is 10.1. The summed E-state index contributed by atoms with van der Waals surface area (Å²) in [4.78, 5) is 15.8. The maximum atomic E-state index is 10.2. The normalized spacial score (nSPS) is 12.4. The molecule has 2 rings (SSSR count). The van der Waals surface area contributed by atoms with Crippen molar-refractivity contribution in [2.75, 3.05) is 6.26 Å². The summed E-state index contributed by atoms with van der Waals surface area (Å²) >= 11 is 12.9. The monoisotopic (exact) mass is 302 g/mol. The number of aromatic nitrogens is 4. The SMILES string of the molecule is CSc1nccc([C@@H](O)c2cnc(Cl)nc2Cl)n1. The van der Waals surface area contributed by atoms with E-state index in [1.807, 2.05) is 6.26 Å². The minimum atomic E-state index is -1.01. The van der Waals surface area contributed by atoms with Crippen molar-refractivity contribution in [2.24, 2.45) is 0 Å². The second-order valence-electron chi connectivity index (χ2n) is 3.26. The summed E-state index contributed by atoms with van der Waals surface area (Å²) in [5.74, 6) is 0. The average molecular weight is 303 g/mol. The summed E-state index contributed by atoms with van der Waals surface area (Å²) in [5.41, 5.74) is 0.786. The van der Waals surface area contributed by atoms with Crippen LogP contribution in [0.2, 0.25) is 10.4 Å².